The number of phenolic OH excluding ortho intramolecular Hbond substituents is 1. The van der Waals surface area contributed by atoms with Crippen LogP contribution in [0.25, 0.3) is 11.5 Å². The van der Waals surface area contributed by atoms with Crippen LogP contribution in [-0.2, 0) is 11.2 Å². The van der Waals surface area contributed by atoms with E-state index in [2.05, 4.69) is 4.98 Å². The van der Waals surface area contributed by atoms with Crippen molar-refractivity contribution in [3.8, 4) is 17.2 Å². The van der Waals surface area contributed by atoms with E-state index in [0.717, 1.165) is 0 Å². The summed E-state index contributed by atoms with van der Waals surface area (Å²) in [6.07, 6.45) is 1.15. The molecular weight excluding hydrogens is 210 g/mol. The Morgan fingerprint density at radius 2 is 2.00 bits per heavy atom. The number of carbonyl (C=O) groups is 1. The summed E-state index contributed by atoms with van der Waals surface area (Å²) in [6, 6.07) is 6.31. The van der Waals surface area contributed by atoms with Gasteiger partial charge in [-0.05, 0) is 24.3 Å². The quantitative estimate of drug-likeness (QED) is 0.820. The molecule has 1 aromatic carbocycles. The Bertz CT molecular complexity index is 501. The van der Waals surface area contributed by atoms with E-state index in [4.69, 9.17) is 14.6 Å². The van der Waals surface area contributed by atoms with Crippen molar-refractivity contribution in [3.05, 3.63) is 36.2 Å². The van der Waals surface area contributed by atoms with Gasteiger partial charge in [-0.25, -0.2) is 4.98 Å². The number of hydrogen-bond donors (Lipinski definition) is 2. The van der Waals surface area contributed by atoms with Gasteiger partial charge in [-0.1, -0.05) is 0 Å². The fraction of sp³-hybridized carbons (Fsp3) is 0.0909. The van der Waals surface area contributed by atoms with Crippen LogP contribution in [0.3, 0.4) is 0 Å². The summed E-state index contributed by atoms with van der Waals surface area (Å²) in [6.45, 7) is 0. The molecule has 1 heterocycles. The average molecular weight is 219 g/mol. The Morgan fingerprint density at radius 1 is 1.31 bits per heavy atom. The number of oxazole rings is 1. The van der Waals surface area contributed by atoms with Gasteiger partial charge in [0.25, 0.3) is 0 Å². The second kappa shape index (κ2) is 4.06. The molecule has 0 bridgehead atoms. The Kier molecular flexibility index (Phi) is 2.59. The average Bonchev–Trinajstić information content (AvgIpc) is 2.66. The van der Waals surface area contributed by atoms with Crippen LogP contribution in [0.5, 0.6) is 5.75 Å². The van der Waals surface area contributed by atoms with Gasteiger partial charge in [0.05, 0.1) is 12.1 Å². The second-order valence-corrected chi connectivity index (χ2v) is 3.26. The maximum atomic E-state index is 10.4. The first-order chi connectivity index (χ1) is 7.65. The molecule has 0 aliphatic heterocycles. The highest BCUT2D eigenvalue weighted by Gasteiger charge is 2.09. The molecule has 82 valence electrons. The minimum Gasteiger partial charge on any atom is -0.508 e. The Hall–Kier alpha value is -2.30. The molecular formula is C11H9NO4. The van der Waals surface area contributed by atoms with Gasteiger partial charge in [-0.15, -0.1) is 0 Å². The largest absolute Gasteiger partial charge is 0.508 e. The standard InChI is InChI=1S/C11H9NO4/c13-9-3-1-7(2-4-9)11-12-8(6-16-11)5-10(14)15/h1-4,6,13H,5H2,(H,14,15). The maximum absolute atomic E-state index is 10.4. The summed E-state index contributed by atoms with van der Waals surface area (Å²) < 4.78 is 5.14. The zero-order chi connectivity index (χ0) is 11.5. The van der Waals surface area contributed by atoms with E-state index in [9.17, 15) is 4.79 Å². The molecule has 0 amide bonds. The molecule has 1 aromatic heterocycles. The van der Waals surface area contributed by atoms with E-state index in [0.29, 0.717) is 17.1 Å². The Balaban J connectivity index is 2.24. The molecule has 0 radical (unpaired) electrons. The summed E-state index contributed by atoms with van der Waals surface area (Å²) in [5.74, 6) is -0.456. The van der Waals surface area contributed by atoms with Crippen molar-refractivity contribution >= 4 is 5.97 Å². The van der Waals surface area contributed by atoms with Crippen LogP contribution >= 0.6 is 0 Å². The van der Waals surface area contributed by atoms with Crippen LogP contribution in [0.15, 0.2) is 34.9 Å². The molecule has 2 aromatic rings. The number of hydrogen-bond acceptors (Lipinski definition) is 4. The lowest BCUT2D eigenvalue weighted by Gasteiger charge is -1.94. The number of aromatic hydroxyl groups is 1. The lowest BCUT2D eigenvalue weighted by atomic mass is 10.2. The van der Waals surface area contributed by atoms with E-state index in [1.807, 2.05) is 0 Å². The van der Waals surface area contributed by atoms with Crippen molar-refractivity contribution in [2.24, 2.45) is 0 Å². The van der Waals surface area contributed by atoms with Crippen molar-refractivity contribution in [3.63, 3.8) is 0 Å². The van der Waals surface area contributed by atoms with Crippen LogP contribution in [-0.4, -0.2) is 21.2 Å². The van der Waals surface area contributed by atoms with Crippen LogP contribution in [0.2, 0.25) is 0 Å². The first-order valence-electron chi connectivity index (χ1n) is 4.61. The van der Waals surface area contributed by atoms with E-state index in [1.165, 1.54) is 18.4 Å². The minimum atomic E-state index is -0.953. The first kappa shape index (κ1) is 10.2. The lowest BCUT2D eigenvalue weighted by molar-refractivity contribution is -0.136. The van der Waals surface area contributed by atoms with E-state index in [1.54, 1.807) is 12.1 Å². The molecule has 0 saturated carbocycles. The van der Waals surface area contributed by atoms with Crippen molar-refractivity contribution in [2.45, 2.75) is 6.42 Å². The van der Waals surface area contributed by atoms with Gasteiger partial charge in [0.2, 0.25) is 5.89 Å². The molecule has 2 N–H and O–H groups in total. The third-order valence-corrected chi connectivity index (χ3v) is 2.00. The molecule has 0 fully saturated rings. The fourth-order valence-corrected chi connectivity index (χ4v) is 1.28. The number of carboxylic acids is 1. The molecule has 0 aliphatic rings. The van der Waals surface area contributed by atoms with Crippen LogP contribution in [0.4, 0.5) is 0 Å². The second-order valence-electron chi connectivity index (χ2n) is 3.26. The molecule has 5 nitrogen and oxygen atoms in total. The smallest absolute Gasteiger partial charge is 0.309 e. The highest BCUT2D eigenvalue weighted by atomic mass is 16.4. The van der Waals surface area contributed by atoms with Crippen molar-refractivity contribution < 1.29 is 19.4 Å². The monoisotopic (exact) mass is 219 g/mol. The molecule has 2 rings (SSSR count). The zero-order valence-corrected chi connectivity index (χ0v) is 8.25. The van der Waals surface area contributed by atoms with Gasteiger partial charge < -0.3 is 14.6 Å². The predicted molar refractivity (Wildman–Crippen MR) is 54.9 cm³/mol. The molecule has 5 heteroatoms. The summed E-state index contributed by atoms with van der Waals surface area (Å²) >= 11 is 0. The Morgan fingerprint density at radius 3 is 2.62 bits per heavy atom. The van der Waals surface area contributed by atoms with Crippen LogP contribution in [0, 0.1) is 0 Å². The molecule has 0 aliphatic carbocycles. The van der Waals surface area contributed by atoms with E-state index in [-0.39, 0.29) is 12.2 Å². The number of rotatable bonds is 3. The first-order valence-corrected chi connectivity index (χ1v) is 4.61. The maximum Gasteiger partial charge on any atom is 0.309 e. The molecule has 16 heavy (non-hydrogen) atoms. The van der Waals surface area contributed by atoms with Crippen molar-refractivity contribution in [1.29, 1.82) is 0 Å². The number of phenols is 1. The van der Waals surface area contributed by atoms with Gasteiger partial charge in [0.1, 0.15) is 12.0 Å². The number of benzene rings is 1. The molecule has 0 saturated heterocycles. The van der Waals surface area contributed by atoms with Gasteiger partial charge >= 0.3 is 5.97 Å². The number of aromatic nitrogens is 1. The normalized spacial score (nSPS) is 10.2. The van der Waals surface area contributed by atoms with Gasteiger partial charge in [0.15, 0.2) is 0 Å². The zero-order valence-electron chi connectivity index (χ0n) is 8.25. The molecule has 0 spiro atoms. The van der Waals surface area contributed by atoms with Crippen molar-refractivity contribution in [1.82, 2.24) is 4.98 Å². The van der Waals surface area contributed by atoms with E-state index >= 15 is 0 Å². The van der Waals surface area contributed by atoms with Crippen LogP contribution in [0.1, 0.15) is 5.69 Å². The number of nitrogens with zero attached hydrogens (tertiary/aromatic N) is 1. The third kappa shape index (κ3) is 2.20. The highest BCUT2D eigenvalue weighted by molar-refractivity contribution is 5.69. The predicted octanol–water partition coefficient (Wildman–Crippen LogP) is 1.67. The molecule has 0 atom stereocenters. The third-order valence-electron chi connectivity index (χ3n) is 2.00. The summed E-state index contributed by atoms with van der Waals surface area (Å²) in [4.78, 5) is 14.5. The van der Waals surface area contributed by atoms with Crippen molar-refractivity contribution in [2.75, 3.05) is 0 Å². The number of carboxylic acid groups (broad SMARTS) is 1. The Labute approximate surface area is 91.0 Å². The fourth-order valence-electron chi connectivity index (χ4n) is 1.28. The van der Waals surface area contributed by atoms with Gasteiger partial charge in [0, 0.05) is 5.56 Å². The van der Waals surface area contributed by atoms with E-state index < -0.39 is 5.97 Å². The minimum absolute atomic E-state index is 0.154. The molecule has 0 unspecified atom stereocenters. The summed E-state index contributed by atoms with van der Waals surface area (Å²) in [5, 5.41) is 17.7. The lowest BCUT2D eigenvalue weighted by Crippen LogP contribution is -1.99. The topological polar surface area (TPSA) is 83.6 Å². The SMILES string of the molecule is O=C(O)Cc1coc(-c2ccc(O)cc2)n1. The van der Waals surface area contributed by atoms with Crippen LogP contribution < -0.4 is 0 Å². The van der Waals surface area contributed by atoms with Gasteiger partial charge in [-0.3, -0.25) is 4.79 Å². The summed E-state index contributed by atoms with van der Waals surface area (Å²) in [5.41, 5.74) is 1.06. The number of aliphatic carboxylic acids is 1. The van der Waals surface area contributed by atoms with Gasteiger partial charge in [-0.2, -0.15) is 0 Å². The highest BCUT2D eigenvalue weighted by Crippen LogP contribution is 2.21. The summed E-state index contributed by atoms with van der Waals surface area (Å²) in [7, 11) is 0.